The van der Waals surface area contributed by atoms with Gasteiger partial charge in [-0.25, -0.2) is 0 Å². The molecule has 0 saturated heterocycles. The smallest absolute Gasteiger partial charge is 0.225 e. The summed E-state index contributed by atoms with van der Waals surface area (Å²) in [5, 5.41) is 0. The zero-order valence-corrected chi connectivity index (χ0v) is 11.5. The van der Waals surface area contributed by atoms with Crippen LogP contribution in [0.25, 0.3) is 0 Å². The van der Waals surface area contributed by atoms with E-state index in [0.29, 0.717) is 18.4 Å². The monoisotopic (exact) mass is 240 g/mol. The van der Waals surface area contributed by atoms with Crippen LogP contribution in [0.15, 0.2) is 0 Å². The van der Waals surface area contributed by atoms with Crippen LogP contribution >= 0.6 is 0 Å². The zero-order chi connectivity index (χ0) is 12.7. The van der Waals surface area contributed by atoms with E-state index in [1.807, 2.05) is 11.9 Å². The van der Waals surface area contributed by atoms with E-state index in [4.69, 9.17) is 5.73 Å². The summed E-state index contributed by atoms with van der Waals surface area (Å²) in [6, 6.07) is 0. The molecule has 0 aliphatic heterocycles. The van der Waals surface area contributed by atoms with Crippen molar-refractivity contribution in [1.82, 2.24) is 4.90 Å². The molecule has 1 rings (SSSR count). The first kappa shape index (κ1) is 14.5. The Hall–Kier alpha value is -0.570. The van der Waals surface area contributed by atoms with Gasteiger partial charge in [-0.3, -0.25) is 4.79 Å². The Morgan fingerprint density at radius 1 is 1.24 bits per heavy atom. The van der Waals surface area contributed by atoms with Crippen molar-refractivity contribution in [2.75, 3.05) is 20.1 Å². The summed E-state index contributed by atoms with van der Waals surface area (Å²) in [6.07, 6.45) is 8.55. The number of nitrogens with two attached hydrogens (primary N) is 1. The molecule has 100 valence electrons. The molecule has 17 heavy (non-hydrogen) atoms. The maximum atomic E-state index is 12.3. The third-order valence-electron chi connectivity index (χ3n) is 3.82. The first-order chi connectivity index (χ1) is 8.15. The Bertz CT molecular complexity index is 222. The summed E-state index contributed by atoms with van der Waals surface area (Å²) in [6.45, 7) is 3.55. The third-order valence-corrected chi connectivity index (χ3v) is 3.82. The maximum absolute atomic E-state index is 12.3. The van der Waals surface area contributed by atoms with Crippen LogP contribution in [0.4, 0.5) is 0 Å². The maximum Gasteiger partial charge on any atom is 0.225 e. The second-order valence-electron chi connectivity index (χ2n) is 5.60. The SMILES string of the molecule is CC(CN)CN(C)C(=O)C1CCCCCCC1. The summed E-state index contributed by atoms with van der Waals surface area (Å²) < 4.78 is 0. The van der Waals surface area contributed by atoms with E-state index in [2.05, 4.69) is 6.92 Å². The molecule has 1 amide bonds. The summed E-state index contributed by atoms with van der Waals surface area (Å²) in [7, 11) is 1.92. The van der Waals surface area contributed by atoms with E-state index in [-0.39, 0.29) is 5.92 Å². The average Bonchev–Trinajstić information content (AvgIpc) is 2.27. The fourth-order valence-electron chi connectivity index (χ4n) is 2.65. The van der Waals surface area contributed by atoms with Gasteiger partial charge < -0.3 is 10.6 Å². The molecular weight excluding hydrogens is 212 g/mol. The first-order valence-electron chi connectivity index (χ1n) is 7.10. The lowest BCUT2D eigenvalue weighted by Gasteiger charge is -2.27. The minimum atomic E-state index is 0.269. The Morgan fingerprint density at radius 3 is 2.29 bits per heavy atom. The van der Waals surface area contributed by atoms with Crippen molar-refractivity contribution < 1.29 is 4.79 Å². The number of nitrogens with zero attached hydrogens (tertiary/aromatic N) is 1. The number of carbonyl (C=O) groups excluding carboxylic acids is 1. The van der Waals surface area contributed by atoms with E-state index >= 15 is 0 Å². The lowest BCUT2D eigenvalue weighted by molar-refractivity contribution is -0.135. The van der Waals surface area contributed by atoms with E-state index in [1.54, 1.807) is 0 Å². The van der Waals surface area contributed by atoms with Crippen molar-refractivity contribution in [3.8, 4) is 0 Å². The second-order valence-corrected chi connectivity index (χ2v) is 5.60. The van der Waals surface area contributed by atoms with Gasteiger partial charge in [-0.05, 0) is 25.3 Å². The number of amides is 1. The predicted molar refractivity (Wildman–Crippen MR) is 71.7 cm³/mol. The van der Waals surface area contributed by atoms with Crippen LogP contribution in [0.3, 0.4) is 0 Å². The summed E-state index contributed by atoms with van der Waals surface area (Å²) in [4.78, 5) is 14.2. The van der Waals surface area contributed by atoms with Crippen molar-refractivity contribution in [3.05, 3.63) is 0 Å². The van der Waals surface area contributed by atoms with Gasteiger partial charge >= 0.3 is 0 Å². The van der Waals surface area contributed by atoms with E-state index in [9.17, 15) is 4.79 Å². The molecule has 0 bridgehead atoms. The molecule has 2 N–H and O–H groups in total. The molecule has 0 aromatic carbocycles. The zero-order valence-electron chi connectivity index (χ0n) is 11.5. The quantitative estimate of drug-likeness (QED) is 0.820. The molecule has 0 aromatic heterocycles. The number of rotatable bonds is 4. The van der Waals surface area contributed by atoms with Gasteiger partial charge in [-0.1, -0.05) is 39.0 Å². The van der Waals surface area contributed by atoms with Gasteiger partial charge in [-0.15, -0.1) is 0 Å². The molecule has 0 heterocycles. The Balaban J connectivity index is 2.42. The Labute approximate surface area is 106 Å². The molecule has 1 aliphatic carbocycles. The van der Waals surface area contributed by atoms with Crippen molar-refractivity contribution in [2.24, 2.45) is 17.6 Å². The predicted octanol–water partition coefficient (Wildman–Crippen LogP) is 2.40. The highest BCUT2D eigenvalue weighted by Crippen LogP contribution is 2.23. The number of hydrogen-bond donors (Lipinski definition) is 1. The highest BCUT2D eigenvalue weighted by molar-refractivity contribution is 5.78. The van der Waals surface area contributed by atoms with Gasteiger partial charge in [0.1, 0.15) is 0 Å². The molecular formula is C14H28N2O. The van der Waals surface area contributed by atoms with Crippen LogP contribution in [0.2, 0.25) is 0 Å². The van der Waals surface area contributed by atoms with Crippen LogP contribution in [-0.2, 0) is 4.79 Å². The number of carbonyl (C=O) groups is 1. The lowest BCUT2D eigenvalue weighted by Crippen LogP contribution is -2.37. The van der Waals surface area contributed by atoms with Crippen LogP contribution < -0.4 is 5.73 Å². The van der Waals surface area contributed by atoms with Gasteiger partial charge in [0.25, 0.3) is 0 Å². The van der Waals surface area contributed by atoms with Crippen molar-refractivity contribution in [3.63, 3.8) is 0 Å². The molecule has 0 spiro atoms. The molecule has 1 unspecified atom stereocenters. The van der Waals surface area contributed by atoms with E-state index < -0.39 is 0 Å². The van der Waals surface area contributed by atoms with E-state index in [1.165, 1.54) is 32.1 Å². The fraction of sp³-hybridized carbons (Fsp3) is 0.929. The standard InChI is InChI=1S/C14H28N2O/c1-12(10-15)11-16(2)14(17)13-8-6-4-3-5-7-9-13/h12-13H,3-11,15H2,1-2H3. The molecule has 0 aromatic rings. The topological polar surface area (TPSA) is 46.3 Å². The molecule has 1 fully saturated rings. The van der Waals surface area contributed by atoms with Gasteiger partial charge in [-0.2, -0.15) is 0 Å². The number of hydrogen-bond acceptors (Lipinski definition) is 2. The van der Waals surface area contributed by atoms with Crippen molar-refractivity contribution in [2.45, 2.75) is 51.9 Å². The van der Waals surface area contributed by atoms with Crippen LogP contribution in [0, 0.1) is 11.8 Å². The molecule has 3 nitrogen and oxygen atoms in total. The third kappa shape index (κ3) is 5.07. The summed E-state index contributed by atoms with van der Waals surface area (Å²) >= 11 is 0. The largest absolute Gasteiger partial charge is 0.345 e. The first-order valence-corrected chi connectivity index (χ1v) is 7.10. The minimum absolute atomic E-state index is 0.269. The van der Waals surface area contributed by atoms with Crippen LogP contribution in [0.1, 0.15) is 51.9 Å². The highest BCUT2D eigenvalue weighted by atomic mass is 16.2. The summed E-state index contributed by atoms with van der Waals surface area (Å²) in [5.41, 5.74) is 5.61. The molecule has 1 atom stereocenters. The molecule has 1 aliphatic rings. The molecule has 3 heteroatoms. The van der Waals surface area contributed by atoms with Crippen LogP contribution in [-0.4, -0.2) is 30.9 Å². The molecule has 1 saturated carbocycles. The Kier molecular flexibility index (Phi) is 6.56. The molecule has 0 radical (unpaired) electrons. The van der Waals surface area contributed by atoms with Crippen molar-refractivity contribution in [1.29, 1.82) is 0 Å². The second kappa shape index (κ2) is 7.70. The average molecular weight is 240 g/mol. The van der Waals surface area contributed by atoms with Gasteiger partial charge in [0.05, 0.1) is 0 Å². The fourth-order valence-corrected chi connectivity index (χ4v) is 2.65. The summed E-state index contributed by atoms with van der Waals surface area (Å²) in [5.74, 6) is 1.01. The van der Waals surface area contributed by atoms with E-state index in [0.717, 1.165) is 19.4 Å². The van der Waals surface area contributed by atoms with Gasteiger partial charge in [0.2, 0.25) is 5.91 Å². The lowest BCUT2D eigenvalue weighted by atomic mass is 9.90. The highest BCUT2D eigenvalue weighted by Gasteiger charge is 2.23. The van der Waals surface area contributed by atoms with Crippen LogP contribution in [0.5, 0.6) is 0 Å². The minimum Gasteiger partial charge on any atom is -0.345 e. The van der Waals surface area contributed by atoms with Gasteiger partial charge in [0, 0.05) is 19.5 Å². The van der Waals surface area contributed by atoms with Crippen molar-refractivity contribution >= 4 is 5.91 Å². The van der Waals surface area contributed by atoms with Gasteiger partial charge in [0.15, 0.2) is 0 Å². The Morgan fingerprint density at radius 2 is 1.76 bits per heavy atom. The normalized spacial score (nSPS) is 20.4.